The zero-order valence-electron chi connectivity index (χ0n) is 9.86. The largest absolute Gasteiger partial charge is 0.289 e. The van der Waals surface area contributed by atoms with Crippen molar-refractivity contribution in [1.29, 1.82) is 0 Å². The van der Waals surface area contributed by atoms with Crippen molar-refractivity contribution >= 4 is 33.0 Å². The number of sulfonamides is 1. The SMILES string of the molecule is O=[N+]([O-])c1ccccc1S(=O)(=O)Nc1cnccc1Cl. The number of nitrogens with one attached hydrogen (secondary N) is 1. The van der Waals surface area contributed by atoms with Crippen LogP contribution in [0.4, 0.5) is 11.4 Å². The lowest BCUT2D eigenvalue weighted by Crippen LogP contribution is -2.15. The van der Waals surface area contributed by atoms with E-state index in [0.29, 0.717) is 0 Å². The summed E-state index contributed by atoms with van der Waals surface area (Å²) in [4.78, 5) is 13.4. The van der Waals surface area contributed by atoms with Crippen LogP contribution in [0.15, 0.2) is 47.6 Å². The Morgan fingerprint density at radius 3 is 2.60 bits per heavy atom. The lowest BCUT2D eigenvalue weighted by Gasteiger charge is -2.09. The number of halogens is 1. The van der Waals surface area contributed by atoms with Gasteiger partial charge in [-0.1, -0.05) is 23.7 Å². The molecule has 0 saturated heterocycles. The van der Waals surface area contributed by atoms with Crippen molar-refractivity contribution < 1.29 is 13.3 Å². The van der Waals surface area contributed by atoms with Gasteiger partial charge in [-0.3, -0.25) is 19.8 Å². The number of aromatic nitrogens is 1. The maximum atomic E-state index is 12.2. The monoisotopic (exact) mass is 313 g/mol. The van der Waals surface area contributed by atoms with Crippen molar-refractivity contribution in [3.8, 4) is 0 Å². The minimum Gasteiger partial charge on any atom is -0.276 e. The van der Waals surface area contributed by atoms with Gasteiger partial charge < -0.3 is 0 Å². The molecule has 20 heavy (non-hydrogen) atoms. The van der Waals surface area contributed by atoms with E-state index in [2.05, 4.69) is 9.71 Å². The first-order chi connectivity index (χ1) is 9.42. The van der Waals surface area contributed by atoms with E-state index in [-0.39, 0.29) is 10.7 Å². The molecular formula is C11H8ClN3O4S. The molecule has 0 unspecified atom stereocenters. The number of nitro benzene ring substituents is 1. The molecule has 1 aromatic heterocycles. The van der Waals surface area contributed by atoms with Crippen LogP contribution in [0.1, 0.15) is 0 Å². The summed E-state index contributed by atoms with van der Waals surface area (Å²) in [6, 6.07) is 6.43. The molecule has 104 valence electrons. The van der Waals surface area contributed by atoms with E-state index in [1.165, 1.54) is 30.6 Å². The minimum atomic E-state index is -4.13. The standard InChI is InChI=1S/C11H8ClN3O4S/c12-8-5-6-13-7-9(8)14-20(18,19)11-4-2-1-3-10(11)15(16)17/h1-7,14H. The van der Waals surface area contributed by atoms with Crippen molar-refractivity contribution in [3.05, 3.63) is 57.9 Å². The first-order valence-corrected chi connectivity index (χ1v) is 7.13. The number of nitrogens with zero attached hydrogens (tertiary/aromatic N) is 2. The first kappa shape index (κ1) is 14.2. The van der Waals surface area contributed by atoms with E-state index in [0.717, 1.165) is 12.1 Å². The Balaban J connectivity index is 2.47. The van der Waals surface area contributed by atoms with E-state index in [4.69, 9.17) is 11.6 Å². The molecule has 0 aliphatic rings. The highest BCUT2D eigenvalue weighted by Gasteiger charge is 2.25. The quantitative estimate of drug-likeness (QED) is 0.690. The van der Waals surface area contributed by atoms with Gasteiger partial charge in [0.2, 0.25) is 0 Å². The van der Waals surface area contributed by atoms with Crippen LogP contribution >= 0.6 is 11.6 Å². The molecule has 0 aliphatic heterocycles. The molecule has 9 heteroatoms. The average molecular weight is 314 g/mol. The van der Waals surface area contributed by atoms with E-state index < -0.39 is 25.5 Å². The van der Waals surface area contributed by atoms with Gasteiger partial charge in [0.15, 0.2) is 4.90 Å². The summed E-state index contributed by atoms with van der Waals surface area (Å²) in [5, 5.41) is 11.0. The molecule has 2 aromatic rings. The van der Waals surface area contributed by atoms with Gasteiger partial charge in [-0.15, -0.1) is 0 Å². The van der Waals surface area contributed by atoms with Gasteiger partial charge in [0, 0.05) is 12.3 Å². The van der Waals surface area contributed by atoms with Gasteiger partial charge in [-0.2, -0.15) is 0 Å². The lowest BCUT2D eigenvalue weighted by molar-refractivity contribution is -0.387. The van der Waals surface area contributed by atoms with Crippen LogP contribution in [0.25, 0.3) is 0 Å². The molecule has 0 fully saturated rings. The number of anilines is 1. The Morgan fingerprint density at radius 2 is 1.95 bits per heavy atom. The van der Waals surface area contributed by atoms with Crippen molar-refractivity contribution in [2.45, 2.75) is 4.90 Å². The molecule has 1 heterocycles. The molecular weight excluding hydrogens is 306 g/mol. The lowest BCUT2D eigenvalue weighted by atomic mass is 10.3. The second-order valence-corrected chi connectivity index (χ2v) is 5.74. The molecule has 0 atom stereocenters. The Bertz CT molecular complexity index is 764. The molecule has 1 aromatic carbocycles. The van der Waals surface area contributed by atoms with Gasteiger partial charge in [0.1, 0.15) is 0 Å². The number of nitro groups is 1. The highest BCUT2D eigenvalue weighted by Crippen LogP contribution is 2.27. The summed E-state index contributed by atoms with van der Waals surface area (Å²) in [6.07, 6.45) is 2.61. The summed E-state index contributed by atoms with van der Waals surface area (Å²) < 4.78 is 26.5. The number of benzene rings is 1. The number of para-hydroxylation sites is 1. The zero-order chi connectivity index (χ0) is 14.8. The normalized spacial score (nSPS) is 11.1. The highest BCUT2D eigenvalue weighted by molar-refractivity contribution is 7.92. The molecule has 2 rings (SSSR count). The van der Waals surface area contributed by atoms with E-state index >= 15 is 0 Å². The maximum absolute atomic E-state index is 12.2. The highest BCUT2D eigenvalue weighted by atomic mass is 35.5. The third kappa shape index (κ3) is 2.86. The van der Waals surface area contributed by atoms with E-state index in [9.17, 15) is 18.5 Å². The molecule has 7 nitrogen and oxygen atoms in total. The van der Waals surface area contributed by atoms with Crippen LogP contribution in [0.5, 0.6) is 0 Å². The summed E-state index contributed by atoms with van der Waals surface area (Å²) in [7, 11) is -4.13. The van der Waals surface area contributed by atoms with Gasteiger partial charge in [-0.05, 0) is 12.1 Å². The first-order valence-electron chi connectivity index (χ1n) is 5.27. The van der Waals surface area contributed by atoms with E-state index in [1.807, 2.05) is 0 Å². The Kier molecular flexibility index (Phi) is 3.86. The Labute approximate surface area is 119 Å². The predicted octanol–water partition coefficient (Wildman–Crippen LogP) is 2.44. The van der Waals surface area contributed by atoms with Crippen molar-refractivity contribution in [2.75, 3.05) is 4.72 Å². The number of rotatable bonds is 4. The molecule has 1 N–H and O–H groups in total. The Morgan fingerprint density at radius 1 is 1.25 bits per heavy atom. The topological polar surface area (TPSA) is 102 Å². The maximum Gasteiger partial charge on any atom is 0.289 e. The zero-order valence-corrected chi connectivity index (χ0v) is 11.4. The van der Waals surface area contributed by atoms with Gasteiger partial charge in [-0.25, -0.2) is 8.42 Å². The van der Waals surface area contributed by atoms with E-state index in [1.54, 1.807) is 0 Å². The van der Waals surface area contributed by atoms with Crippen LogP contribution in [-0.4, -0.2) is 18.3 Å². The fourth-order valence-electron chi connectivity index (χ4n) is 1.49. The number of hydrogen-bond acceptors (Lipinski definition) is 5. The van der Waals surface area contributed by atoms with Crippen LogP contribution < -0.4 is 4.72 Å². The average Bonchev–Trinajstić information content (AvgIpc) is 2.41. The van der Waals surface area contributed by atoms with Crippen LogP contribution in [0.3, 0.4) is 0 Å². The van der Waals surface area contributed by atoms with Gasteiger partial charge in [0.25, 0.3) is 15.7 Å². The summed E-state index contributed by atoms with van der Waals surface area (Å²) in [6.45, 7) is 0. The van der Waals surface area contributed by atoms with Crippen molar-refractivity contribution in [1.82, 2.24) is 4.98 Å². The van der Waals surface area contributed by atoms with Crippen molar-refractivity contribution in [2.24, 2.45) is 0 Å². The molecule has 0 amide bonds. The summed E-state index contributed by atoms with van der Waals surface area (Å²) >= 11 is 5.82. The second-order valence-electron chi connectivity index (χ2n) is 3.69. The molecule has 0 bridgehead atoms. The Hall–Kier alpha value is -2.19. The van der Waals surface area contributed by atoms with Crippen LogP contribution in [0, 0.1) is 10.1 Å². The molecule has 0 aliphatic carbocycles. The third-order valence-electron chi connectivity index (χ3n) is 2.36. The van der Waals surface area contributed by atoms with Crippen LogP contribution in [0.2, 0.25) is 5.02 Å². The second kappa shape index (κ2) is 5.43. The molecule has 0 radical (unpaired) electrons. The molecule has 0 saturated carbocycles. The summed E-state index contributed by atoms with van der Waals surface area (Å²) in [5.41, 5.74) is -0.465. The van der Waals surface area contributed by atoms with Crippen LogP contribution in [-0.2, 0) is 10.0 Å². The third-order valence-corrected chi connectivity index (χ3v) is 4.11. The minimum absolute atomic E-state index is 0.0484. The summed E-state index contributed by atoms with van der Waals surface area (Å²) in [5.74, 6) is 0. The smallest absolute Gasteiger partial charge is 0.276 e. The fourth-order valence-corrected chi connectivity index (χ4v) is 2.93. The van der Waals surface area contributed by atoms with Gasteiger partial charge in [0.05, 0.1) is 21.8 Å². The predicted molar refractivity (Wildman–Crippen MR) is 73.2 cm³/mol. The van der Waals surface area contributed by atoms with Gasteiger partial charge >= 0.3 is 0 Å². The van der Waals surface area contributed by atoms with Crippen molar-refractivity contribution in [3.63, 3.8) is 0 Å². The molecule has 0 spiro atoms. The number of hydrogen-bond donors (Lipinski definition) is 1. The fraction of sp³-hybridized carbons (Fsp3) is 0. The number of pyridine rings is 1.